The van der Waals surface area contributed by atoms with E-state index >= 15 is 0 Å². The van der Waals surface area contributed by atoms with Crippen molar-refractivity contribution in [3.63, 3.8) is 0 Å². The van der Waals surface area contributed by atoms with Crippen LogP contribution in [0, 0.1) is 0 Å². The van der Waals surface area contributed by atoms with Gasteiger partial charge in [0.2, 0.25) is 5.91 Å². The number of amides is 1. The number of aromatic nitrogens is 2. The molecule has 0 saturated heterocycles. The maximum absolute atomic E-state index is 12.1. The number of carbonyl (C=O) groups excluding carboxylic acids is 1. The molecule has 22 heavy (non-hydrogen) atoms. The van der Waals surface area contributed by atoms with Crippen LogP contribution in [0.4, 0.5) is 0 Å². The lowest BCUT2D eigenvalue weighted by atomic mass is 10.1. The van der Waals surface area contributed by atoms with Crippen molar-refractivity contribution in [1.82, 2.24) is 15.3 Å². The van der Waals surface area contributed by atoms with Crippen LogP contribution in [-0.2, 0) is 11.2 Å². The summed E-state index contributed by atoms with van der Waals surface area (Å²) >= 11 is 0. The monoisotopic (exact) mass is 293 g/mol. The van der Waals surface area contributed by atoms with Gasteiger partial charge in [0, 0.05) is 35.9 Å². The summed E-state index contributed by atoms with van der Waals surface area (Å²) in [5.41, 5.74) is 3.36. The standard InChI is InChI=1S/C18H19N3O/c1-13(14-8-10-19-11-9-14)21-18(22)7-6-15-12-20-17-5-3-2-4-16(15)17/h2-5,8-13,20H,6-7H2,1H3,(H,21,22)/t13-/m0/s1. The zero-order valence-corrected chi connectivity index (χ0v) is 12.5. The van der Waals surface area contributed by atoms with Gasteiger partial charge in [-0.25, -0.2) is 0 Å². The van der Waals surface area contributed by atoms with E-state index in [4.69, 9.17) is 0 Å². The Balaban J connectivity index is 1.58. The van der Waals surface area contributed by atoms with Gasteiger partial charge in [-0.3, -0.25) is 9.78 Å². The summed E-state index contributed by atoms with van der Waals surface area (Å²) in [6.45, 7) is 1.99. The number of aryl methyl sites for hydroxylation is 1. The zero-order valence-electron chi connectivity index (χ0n) is 12.5. The molecule has 112 valence electrons. The lowest BCUT2D eigenvalue weighted by Crippen LogP contribution is -2.26. The van der Waals surface area contributed by atoms with Crippen molar-refractivity contribution in [3.8, 4) is 0 Å². The first kappa shape index (κ1) is 14.3. The van der Waals surface area contributed by atoms with Gasteiger partial charge in [-0.2, -0.15) is 0 Å². The predicted octanol–water partition coefficient (Wildman–Crippen LogP) is 3.37. The number of fused-ring (bicyclic) bond motifs is 1. The fourth-order valence-electron chi connectivity index (χ4n) is 2.64. The van der Waals surface area contributed by atoms with E-state index in [1.165, 1.54) is 10.9 Å². The highest BCUT2D eigenvalue weighted by atomic mass is 16.1. The first-order chi connectivity index (χ1) is 10.7. The topological polar surface area (TPSA) is 57.8 Å². The van der Waals surface area contributed by atoms with Crippen LogP contribution in [0.5, 0.6) is 0 Å². The molecule has 2 heterocycles. The van der Waals surface area contributed by atoms with Crippen molar-refractivity contribution in [2.75, 3.05) is 0 Å². The summed E-state index contributed by atoms with van der Waals surface area (Å²) in [5.74, 6) is 0.0644. The van der Waals surface area contributed by atoms with Gasteiger partial charge in [-0.05, 0) is 42.7 Å². The number of nitrogens with zero attached hydrogens (tertiary/aromatic N) is 1. The van der Waals surface area contributed by atoms with Gasteiger partial charge in [-0.15, -0.1) is 0 Å². The average Bonchev–Trinajstić information content (AvgIpc) is 2.97. The van der Waals surface area contributed by atoms with E-state index in [2.05, 4.69) is 21.4 Å². The minimum atomic E-state index is -0.00142. The largest absolute Gasteiger partial charge is 0.361 e. The Morgan fingerprint density at radius 2 is 2.00 bits per heavy atom. The minimum Gasteiger partial charge on any atom is -0.361 e. The highest BCUT2D eigenvalue weighted by Gasteiger charge is 2.10. The third kappa shape index (κ3) is 3.17. The summed E-state index contributed by atoms with van der Waals surface area (Å²) in [7, 11) is 0. The van der Waals surface area contributed by atoms with Crippen molar-refractivity contribution in [2.45, 2.75) is 25.8 Å². The number of rotatable bonds is 5. The van der Waals surface area contributed by atoms with Crippen LogP contribution >= 0.6 is 0 Å². The first-order valence-electron chi connectivity index (χ1n) is 7.48. The van der Waals surface area contributed by atoms with Crippen molar-refractivity contribution in [2.24, 2.45) is 0 Å². The minimum absolute atomic E-state index is 0.00142. The number of hydrogen-bond donors (Lipinski definition) is 2. The second kappa shape index (κ2) is 6.43. The predicted molar refractivity (Wildman–Crippen MR) is 87.4 cm³/mol. The molecule has 0 radical (unpaired) electrons. The Morgan fingerprint density at radius 1 is 1.23 bits per heavy atom. The fourth-order valence-corrected chi connectivity index (χ4v) is 2.64. The molecule has 3 rings (SSSR count). The SMILES string of the molecule is C[C@H](NC(=O)CCc1c[nH]c2ccccc12)c1ccncc1. The van der Waals surface area contributed by atoms with E-state index in [9.17, 15) is 4.79 Å². The van der Waals surface area contributed by atoms with Crippen LogP contribution in [0.1, 0.15) is 30.5 Å². The lowest BCUT2D eigenvalue weighted by Gasteiger charge is -2.13. The summed E-state index contributed by atoms with van der Waals surface area (Å²) in [4.78, 5) is 19.4. The van der Waals surface area contributed by atoms with Crippen LogP contribution < -0.4 is 5.32 Å². The smallest absolute Gasteiger partial charge is 0.220 e. The van der Waals surface area contributed by atoms with Gasteiger partial charge in [-0.1, -0.05) is 18.2 Å². The highest BCUT2D eigenvalue weighted by Crippen LogP contribution is 2.19. The molecule has 1 atom stereocenters. The van der Waals surface area contributed by atoms with Gasteiger partial charge in [0.05, 0.1) is 6.04 Å². The third-order valence-corrected chi connectivity index (χ3v) is 3.88. The summed E-state index contributed by atoms with van der Waals surface area (Å²) in [5, 5.41) is 4.22. The first-order valence-corrected chi connectivity index (χ1v) is 7.48. The Kier molecular flexibility index (Phi) is 4.19. The lowest BCUT2D eigenvalue weighted by molar-refractivity contribution is -0.121. The number of H-pyrrole nitrogens is 1. The number of nitrogens with one attached hydrogen (secondary N) is 2. The molecule has 1 aromatic carbocycles. The molecule has 0 aliphatic rings. The van der Waals surface area contributed by atoms with Gasteiger partial charge >= 0.3 is 0 Å². The van der Waals surface area contributed by atoms with Crippen LogP contribution in [0.3, 0.4) is 0 Å². The molecule has 2 N–H and O–H groups in total. The molecule has 0 bridgehead atoms. The Labute approximate surface area is 129 Å². The number of pyridine rings is 1. The highest BCUT2D eigenvalue weighted by molar-refractivity contribution is 5.84. The summed E-state index contributed by atoms with van der Waals surface area (Å²) in [6.07, 6.45) is 6.69. The molecule has 1 amide bonds. The molecule has 4 heteroatoms. The number of hydrogen-bond acceptors (Lipinski definition) is 2. The van der Waals surface area contributed by atoms with E-state index in [1.807, 2.05) is 43.5 Å². The number of carbonyl (C=O) groups is 1. The van der Waals surface area contributed by atoms with Crippen molar-refractivity contribution in [3.05, 3.63) is 66.1 Å². The van der Waals surface area contributed by atoms with Crippen molar-refractivity contribution < 1.29 is 4.79 Å². The molecule has 0 fully saturated rings. The average molecular weight is 293 g/mol. The van der Waals surface area contributed by atoms with E-state index in [0.29, 0.717) is 6.42 Å². The number of para-hydroxylation sites is 1. The van der Waals surface area contributed by atoms with E-state index in [1.54, 1.807) is 12.4 Å². The molecular formula is C18H19N3O. The van der Waals surface area contributed by atoms with Gasteiger partial charge in [0.1, 0.15) is 0 Å². The molecule has 0 aliphatic heterocycles. The second-order valence-corrected chi connectivity index (χ2v) is 5.43. The van der Waals surface area contributed by atoms with E-state index in [-0.39, 0.29) is 11.9 Å². The number of benzene rings is 1. The molecule has 0 saturated carbocycles. The van der Waals surface area contributed by atoms with Crippen molar-refractivity contribution in [1.29, 1.82) is 0 Å². The molecule has 2 aromatic heterocycles. The summed E-state index contributed by atoms with van der Waals surface area (Å²) < 4.78 is 0. The maximum atomic E-state index is 12.1. The Morgan fingerprint density at radius 3 is 2.82 bits per heavy atom. The molecule has 0 spiro atoms. The second-order valence-electron chi connectivity index (χ2n) is 5.43. The number of aromatic amines is 1. The van der Waals surface area contributed by atoms with E-state index < -0.39 is 0 Å². The van der Waals surface area contributed by atoms with Gasteiger partial charge < -0.3 is 10.3 Å². The van der Waals surface area contributed by atoms with Gasteiger partial charge in [0.25, 0.3) is 0 Å². The normalized spacial score (nSPS) is 12.2. The van der Waals surface area contributed by atoms with Crippen LogP contribution in [-0.4, -0.2) is 15.9 Å². The fraction of sp³-hybridized carbons (Fsp3) is 0.222. The van der Waals surface area contributed by atoms with Crippen LogP contribution in [0.2, 0.25) is 0 Å². The third-order valence-electron chi connectivity index (χ3n) is 3.88. The maximum Gasteiger partial charge on any atom is 0.220 e. The van der Waals surface area contributed by atoms with Gasteiger partial charge in [0.15, 0.2) is 0 Å². The molecule has 0 unspecified atom stereocenters. The Bertz CT molecular complexity index is 764. The molecule has 4 nitrogen and oxygen atoms in total. The molecule has 3 aromatic rings. The quantitative estimate of drug-likeness (QED) is 0.757. The van der Waals surface area contributed by atoms with Crippen molar-refractivity contribution >= 4 is 16.8 Å². The van der Waals surface area contributed by atoms with E-state index in [0.717, 1.165) is 17.5 Å². The Hall–Kier alpha value is -2.62. The molecule has 0 aliphatic carbocycles. The zero-order chi connectivity index (χ0) is 15.4. The summed E-state index contributed by atoms with van der Waals surface area (Å²) in [6, 6.07) is 12.0. The van der Waals surface area contributed by atoms with Crippen LogP contribution in [0.15, 0.2) is 55.0 Å². The van der Waals surface area contributed by atoms with Crippen LogP contribution in [0.25, 0.3) is 10.9 Å². The molecular weight excluding hydrogens is 274 g/mol.